The van der Waals surface area contributed by atoms with E-state index in [1.54, 1.807) is 41.5 Å². The maximum atomic E-state index is 12.1. The number of nitro groups is 1. The van der Waals surface area contributed by atoms with Crippen LogP contribution in [0.3, 0.4) is 0 Å². The first-order valence-corrected chi connectivity index (χ1v) is 10.4. The molecule has 0 aliphatic carbocycles. The Kier molecular flexibility index (Phi) is 11.4. The van der Waals surface area contributed by atoms with Crippen LogP contribution in [-0.2, 0) is 19.1 Å². The molecule has 0 spiro atoms. The fourth-order valence-corrected chi connectivity index (χ4v) is 3.07. The largest absolute Gasteiger partial charge is 0.460 e. The van der Waals surface area contributed by atoms with Gasteiger partial charge in [-0.2, -0.15) is 0 Å². The zero-order valence-corrected chi connectivity index (χ0v) is 18.9. The van der Waals surface area contributed by atoms with Gasteiger partial charge in [-0.15, -0.1) is 0 Å². The van der Waals surface area contributed by atoms with Crippen molar-refractivity contribution in [3.05, 3.63) is 10.1 Å². The molecule has 0 bridgehead atoms. The molecule has 0 heterocycles. The maximum absolute atomic E-state index is 12.1. The molecule has 170 valence electrons. The summed E-state index contributed by atoms with van der Waals surface area (Å²) in [6.07, 6.45) is 2.70. The van der Waals surface area contributed by atoms with Gasteiger partial charge < -0.3 is 14.6 Å². The van der Waals surface area contributed by atoms with Crippen molar-refractivity contribution in [1.82, 2.24) is 0 Å². The second-order valence-electron chi connectivity index (χ2n) is 9.54. The van der Waals surface area contributed by atoms with Gasteiger partial charge in [0.1, 0.15) is 11.2 Å². The number of carbonyl (C=O) groups is 2. The normalized spacial score (nSPS) is 14.2. The second-order valence-corrected chi connectivity index (χ2v) is 9.54. The zero-order chi connectivity index (χ0) is 22.7. The molecule has 0 amide bonds. The second kappa shape index (κ2) is 12.1. The summed E-state index contributed by atoms with van der Waals surface area (Å²) < 4.78 is 10.6. The van der Waals surface area contributed by atoms with E-state index >= 15 is 0 Å². The minimum Gasteiger partial charge on any atom is -0.460 e. The summed E-state index contributed by atoms with van der Waals surface area (Å²) in [4.78, 5) is 35.7. The van der Waals surface area contributed by atoms with Crippen LogP contribution in [0.25, 0.3) is 0 Å². The average Bonchev–Trinajstić information content (AvgIpc) is 2.52. The fraction of sp³-hybridized carbons (Fsp3) is 0.905. The van der Waals surface area contributed by atoms with Crippen molar-refractivity contribution < 1.29 is 29.1 Å². The molecule has 1 unspecified atom stereocenters. The van der Waals surface area contributed by atoms with Crippen LogP contribution in [0.5, 0.6) is 0 Å². The Balaban J connectivity index is 5.05. The van der Waals surface area contributed by atoms with E-state index in [-0.39, 0.29) is 49.6 Å². The van der Waals surface area contributed by atoms with Crippen LogP contribution < -0.4 is 0 Å². The Hall–Kier alpha value is -1.70. The van der Waals surface area contributed by atoms with Crippen LogP contribution in [-0.4, -0.2) is 45.3 Å². The molecule has 0 aliphatic heterocycles. The molecule has 1 N–H and O–H groups in total. The minimum absolute atomic E-state index is 0.0437. The van der Waals surface area contributed by atoms with Crippen molar-refractivity contribution in [2.45, 2.75) is 116 Å². The summed E-state index contributed by atoms with van der Waals surface area (Å²) in [5, 5.41) is 20.9. The Morgan fingerprint density at radius 2 is 1.28 bits per heavy atom. The van der Waals surface area contributed by atoms with E-state index in [1.807, 2.05) is 0 Å². The highest BCUT2D eigenvalue weighted by atomic mass is 16.6. The number of ether oxygens (including phenoxy) is 2. The van der Waals surface area contributed by atoms with E-state index in [0.717, 1.165) is 0 Å². The quantitative estimate of drug-likeness (QED) is 0.207. The van der Waals surface area contributed by atoms with Crippen LogP contribution in [0.4, 0.5) is 0 Å². The lowest BCUT2D eigenvalue weighted by atomic mass is 9.83. The lowest BCUT2D eigenvalue weighted by Crippen LogP contribution is -2.39. The third-order valence-corrected chi connectivity index (χ3v) is 4.35. The Bertz CT molecular complexity index is 534. The van der Waals surface area contributed by atoms with E-state index in [2.05, 4.69) is 0 Å². The molecule has 0 aliphatic rings. The van der Waals surface area contributed by atoms with Gasteiger partial charge in [-0.25, -0.2) is 0 Å². The van der Waals surface area contributed by atoms with Crippen LogP contribution in [0, 0.1) is 10.1 Å². The van der Waals surface area contributed by atoms with Crippen molar-refractivity contribution in [2.75, 3.05) is 6.61 Å². The number of nitrogens with zero attached hydrogens (tertiary/aromatic N) is 1. The molecule has 0 radical (unpaired) electrons. The van der Waals surface area contributed by atoms with E-state index in [9.17, 15) is 19.7 Å². The number of unbranched alkanes of at least 4 members (excludes halogenated alkanes) is 2. The number of esters is 2. The molecule has 0 aromatic rings. The molecule has 0 saturated heterocycles. The van der Waals surface area contributed by atoms with Crippen molar-refractivity contribution in [3.63, 3.8) is 0 Å². The number of carbonyl (C=O) groups excluding carboxylic acids is 2. The highest BCUT2D eigenvalue weighted by molar-refractivity contribution is 5.70. The van der Waals surface area contributed by atoms with Crippen molar-refractivity contribution in [2.24, 2.45) is 0 Å². The summed E-state index contributed by atoms with van der Waals surface area (Å²) in [6.45, 7) is 10.6. The standard InChI is InChI=1S/C21H39NO7/c1-19(2,3)28-17(24)11-10-14-21(22(26)27,13-8-7-9-16-23)15-12-18(25)29-20(4,5)6/h23H,7-16H2,1-6H3. The van der Waals surface area contributed by atoms with Gasteiger partial charge in [0.2, 0.25) is 5.54 Å². The van der Waals surface area contributed by atoms with Crippen LogP contribution in [0.2, 0.25) is 0 Å². The SMILES string of the molecule is CC(C)(C)OC(=O)CCCC(CCCCCO)(CCC(=O)OC(C)(C)C)[N+](=O)[O-]. The van der Waals surface area contributed by atoms with Gasteiger partial charge >= 0.3 is 11.9 Å². The molecule has 0 aromatic heterocycles. The summed E-state index contributed by atoms with van der Waals surface area (Å²) >= 11 is 0. The average molecular weight is 418 g/mol. The first-order chi connectivity index (χ1) is 13.2. The molecule has 1 atom stereocenters. The lowest BCUT2D eigenvalue weighted by molar-refractivity contribution is -0.574. The van der Waals surface area contributed by atoms with Gasteiger partial charge in [0.05, 0.1) is 6.42 Å². The lowest BCUT2D eigenvalue weighted by Gasteiger charge is -2.27. The maximum Gasteiger partial charge on any atom is 0.306 e. The smallest absolute Gasteiger partial charge is 0.306 e. The number of rotatable bonds is 13. The van der Waals surface area contributed by atoms with Crippen LogP contribution in [0.15, 0.2) is 0 Å². The van der Waals surface area contributed by atoms with Gasteiger partial charge in [-0.3, -0.25) is 19.7 Å². The number of hydrogen-bond acceptors (Lipinski definition) is 7. The van der Waals surface area contributed by atoms with Crippen molar-refractivity contribution in [3.8, 4) is 0 Å². The van der Waals surface area contributed by atoms with E-state index in [4.69, 9.17) is 14.6 Å². The van der Waals surface area contributed by atoms with Crippen molar-refractivity contribution >= 4 is 11.9 Å². The van der Waals surface area contributed by atoms with Crippen LogP contribution in [0.1, 0.15) is 99.3 Å². The summed E-state index contributed by atoms with van der Waals surface area (Å²) in [5.41, 5.74) is -2.54. The summed E-state index contributed by atoms with van der Waals surface area (Å²) in [5.74, 6) is -0.853. The predicted octanol–water partition coefficient (Wildman–Crippen LogP) is 4.19. The highest BCUT2D eigenvalue weighted by Crippen LogP contribution is 2.31. The van der Waals surface area contributed by atoms with Gasteiger partial charge in [-0.05, 0) is 60.8 Å². The highest BCUT2D eigenvalue weighted by Gasteiger charge is 2.42. The molecule has 0 rings (SSSR count). The Morgan fingerprint density at radius 1 is 0.793 bits per heavy atom. The summed E-state index contributed by atoms with van der Waals surface area (Å²) in [7, 11) is 0. The number of hydrogen-bond donors (Lipinski definition) is 1. The van der Waals surface area contributed by atoms with Gasteiger partial charge in [0.15, 0.2) is 0 Å². The Labute approximate surface area is 174 Å². The topological polar surface area (TPSA) is 116 Å². The third kappa shape index (κ3) is 13.2. The van der Waals surface area contributed by atoms with Gasteiger partial charge in [0, 0.05) is 37.2 Å². The van der Waals surface area contributed by atoms with E-state index in [1.165, 1.54) is 0 Å². The van der Waals surface area contributed by atoms with Gasteiger partial charge in [0.25, 0.3) is 0 Å². The predicted molar refractivity (Wildman–Crippen MR) is 110 cm³/mol. The molecule has 8 nitrogen and oxygen atoms in total. The molecular weight excluding hydrogens is 378 g/mol. The molecule has 29 heavy (non-hydrogen) atoms. The molecule has 0 fully saturated rings. The minimum atomic E-state index is -1.30. The Morgan fingerprint density at radius 3 is 1.72 bits per heavy atom. The summed E-state index contributed by atoms with van der Waals surface area (Å²) in [6, 6.07) is 0. The van der Waals surface area contributed by atoms with E-state index in [0.29, 0.717) is 25.7 Å². The number of aliphatic hydroxyl groups excluding tert-OH is 1. The molecular formula is C21H39NO7. The molecule has 0 aromatic carbocycles. The third-order valence-electron chi connectivity index (χ3n) is 4.35. The first kappa shape index (κ1) is 27.3. The zero-order valence-electron chi connectivity index (χ0n) is 18.9. The van der Waals surface area contributed by atoms with Crippen LogP contribution >= 0.6 is 0 Å². The fourth-order valence-electron chi connectivity index (χ4n) is 3.07. The molecule has 8 heteroatoms. The monoisotopic (exact) mass is 417 g/mol. The van der Waals surface area contributed by atoms with Gasteiger partial charge in [-0.1, -0.05) is 6.42 Å². The first-order valence-electron chi connectivity index (χ1n) is 10.4. The number of aliphatic hydroxyl groups is 1. The molecule has 0 saturated carbocycles. The van der Waals surface area contributed by atoms with Crippen molar-refractivity contribution in [1.29, 1.82) is 0 Å². The van der Waals surface area contributed by atoms with E-state index < -0.39 is 22.7 Å².